The summed E-state index contributed by atoms with van der Waals surface area (Å²) in [6.45, 7) is 6.49. The summed E-state index contributed by atoms with van der Waals surface area (Å²) < 4.78 is 5.28. The number of ether oxygens (including phenoxy) is 1. The van der Waals surface area contributed by atoms with Gasteiger partial charge in [-0.2, -0.15) is 0 Å². The van der Waals surface area contributed by atoms with Crippen LogP contribution in [0.3, 0.4) is 0 Å². The minimum atomic E-state index is 0.527. The molecule has 1 heterocycles. The number of methoxy groups -OCH3 is 1. The zero-order chi connectivity index (χ0) is 13.3. The molecule has 1 aliphatic heterocycles. The number of anilines is 2. The van der Waals surface area contributed by atoms with Crippen LogP contribution in [0.25, 0.3) is 0 Å². The van der Waals surface area contributed by atoms with E-state index in [0.29, 0.717) is 12.1 Å². The molecule has 2 rings (SSSR count). The van der Waals surface area contributed by atoms with Crippen LogP contribution >= 0.6 is 0 Å². The summed E-state index contributed by atoms with van der Waals surface area (Å²) in [5.74, 6) is 0.860. The number of rotatable bonds is 2. The third-order valence-corrected chi connectivity index (χ3v) is 3.94. The Balaban J connectivity index is 2.26. The molecule has 4 heteroatoms. The number of hydrogen-bond donors (Lipinski definition) is 1. The second-order valence-corrected chi connectivity index (χ2v) is 5.19. The molecule has 0 aromatic heterocycles. The summed E-state index contributed by atoms with van der Waals surface area (Å²) in [6, 6.07) is 6.91. The molecule has 0 amide bonds. The summed E-state index contributed by atoms with van der Waals surface area (Å²) in [6.07, 6.45) is 0. The number of benzene rings is 1. The Labute approximate surface area is 109 Å². The third-order valence-electron chi connectivity index (χ3n) is 3.94. The van der Waals surface area contributed by atoms with Crippen LogP contribution < -0.4 is 15.4 Å². The normalized spacial score (nSPS) is 25.2. The van der Waals surface area contributed by atoms with E-state index in [1.165, 1.54) is 0 Å². The molecule has 0 spiro atoms. The van der Waals surface area contributed by atoms with Gasteiger partial charge in [0.25, 0.3) is 0 Å². The van der Waals surface area contributed by atoms with Gasteiger partial charge in [-0.05, 0) is 33.0 Å². The lowest BCUT2D eigenvalue weighted by molar-refractivity contribution is 0.170. The Morgan fingerprint density at radius 2 is 1.83 bits per heavy atom. The maximum Gasteiger partial charge on any atom is 0.121 e. The van der Waals surface area contributed by atoms with E-state index in [4.69, 9.17) is 10.5 Å². The molecular formula is C14H23N3O. The van der Waals surface area contributed by atoms with E-state index in [-0.39, 0.29) is 0 Å². The predicted molar refractivity (Wildman–Crippen MR) is 76.3 cm³/mol. The van der Waals surface area contributed by atoms with Crippen molar-refractivity contribution in [1.29, 1.82) is 0 Å². The lowest BCUT2D eigenvalue weighted by Crippen LogP contribution is -2.55. The molecule has 0 aliphatic carbocycles. The quantitative estimate of drug-likeness (QED) is 0.812. The van der Waals surface area contributed by atoms with E-state index in [2.05, 4.69) is 30.7 Å². The van der Waals surface area contributed by atoms with Crippen molar-refractivity contribution in [3.05, 3.63) is 18.2 Å². The van der Waals surface area contributed by atoms with Gasteiger partial charge in [-0.3, -0.25) is 4.90 Å². The van der Waals surface area contributed by atoms with Crippen LogP contribution in [0.1, 0.15) is 13.8 Å². The molecule has 4 nitrogen and oxygen atoms in total. The van der Waals surface area contributed by atoms with Crippen molar-refractivity contribution in [2.24, 2.45) is 0 Å². The number of piperazine rings is 1. The third kappa shape index (κ3) is 2.38. The maximum absolute atomic E-state index is 6.09. The minimum absolute atomic E-state index is 0.527. The van der Waals surface area contributed by atoms with E-state index >= 15 is 0 Å². The lowest BCUT2D eigenvalue weighted by atomic mass is 10.1. The van der Waals surface area contributed by atoms with Crippen LogP contribution in [0.2, 0.25) is 0 Å². The Morgan fingerprint density at radius 1 is 1.22 bits per heavy atom. The van der Waals surface area contributed by atoms with Crippen molar-refractivity contribution in [2.45, 2.75) is 25.9 Å². The van der Waals surface area contributed by atoms with Crippen LogP contribution in [0, 0.1) is 0 Å². The second kappa shape index (κ2) is 5.06. The Bertz CT molecular complexity index is 410. The van der Waals surface area contributed by atoms with E-state index in [0.717, 1.165) is 30.2 Å². The van der Waals surface area contributed by atoms with Crippen molar-refractivity contribution in [1.82, 2.24) is 4.90 Å². The zero-order valence-electron chi connectivity index (χ0n) is 11.7. The van der Waals surface area contributed by atoms with Gasteiger partial charge >= 0.3 is 0 Å². The number of nitrogen functional groups attached to an aromatic ring is 1. The van der Waals surface area contributed by atoms with Gasteiger partial charge in [0, 0.05) is 31.2 Å². The summed E-state index contributed by atoms with van der Waals surface area (Å²) >= 11 is 0. The van der Waals surface area contributed by atoms with Gasteiger partial charge in [-0.15, -0.1) is 0 Å². The van der Waals surface area contributed by atoms with Crippen molar-refractivity contribution >= 4 is 11.4 Å². The van der Waals surface area contributed by atoms with Gasteiger partial charge in [-0.1, -0.05) is 0 Å². The van der Waals surface area contributed by atoms with Crippen molar-refractivity contribution in [2.75, 3.05) is 37.9 Å². The van der Waals surface area contributed by atoms with Crippen molar-refractivity contribution < 1.29 is 4.74 Å². The first-order valence-corrected chi connectivity index (χ1v) is 6.43. The van der Waals surface area contributed by atoms with Crippen LogP contribution in [0.4, 0.5) is 11.4 Å². The van der Waals surface area contributed by atoms with Crippen molar-refractivity contribution in [3.63, 3.8) is 0 Å². The van der Waals surface area contributed by atoms with Crippen LogP contribution in [0.5, 0.6) is 5.75 Å². The molecule has 1 aliphatic rings. The molecule has 2 N–H and O–H groups in total. The molecule has 2 atom stereocenters. The number of nitrogens with zero attached hydrogens (tertiary/aromatic N) is 2. The standard InChI is InChI=1S/C14H23N3O/c1-10-8-17(9-11(2)16(10)3)14-7-12(18-4)5-6-13(14)15/h5-7,10-11H,8-9,15H2,1-4H3. The van der Waals surface area contributed by atoms with Gasteiger partial charge in [-0.25, -0.2) is 0 Å². The smallest absolute Gasteiger partial charge is 0.121 e. The number of nitrogens with two attached hydrogens (primary N) is 1. The molecule has 1 fully saturated rings. The Kier molecular flexibility index (Phi) is 3.66. The Morgan fingerprint density at radius 3 is 2.39 bits per heavy atom. The van der Waals surface area contributed by atoms with Gasteiger partial charge in [0.2, 0.25) is 0 Å². The monoisotopic (exact) mass is 249 g/mol. The predicted octanol–water partition coefficient (Wildman–Crippen LogP) is 1.81. The maximum atomic E-state index is 6.09. The van der Waals surface area contributed by atoms with Gasteiger partial charge < -0.3 is 15.4 Å². The molecule has 1 aromatic carbocycles. The lowest BCUT2D eigenvalue weighted by Gasteiger charge is -2.43. The first kappa shape index (κ1) is 13.0. The molecule has 2 unspecified atom stereocenters. The first-order chi connectivity index (χ1) is 8.52. The highest BCUT2D eigenvalue weighted by atomic mass is 16.5. The molecular weight excluding hydrogens is 226 g/mol. The van der Waals surface area contributed by atoms with E-state index in [9.17, 15) is 0 Å². The highest BCUT2D eigenvalue weighted by Crippen LogP contribution is 2.30. The summed E-state index contributed by atoms with van der Waals surface area (Å²) in [7, 11) is 3.87. The number of likely N-dealkylation sites (N-methyl/N-ethyl adjacent to an activating group) is 1. The molecule has 0 radical (unpaired) electrons. The van der Waals surface area contributed by atoms with Crippen LogP contribution in [-0.4, -0.2) is 44.2 Å². The summed E-state index contributed by atoms with van der Waals surface area (Å²) in [5.41, 5.74) is 7.99. The zero-order valence-corrected chi connectivity index (χ0v) is 11.7. The average Bonchev–Trinajstić information content (AvgIpc) is 2.36. The summed E-state index contributed by atoms with van der Waals surface area (Å²) in [5, 5.41) is 0. The molecule has 0 saturated carbocycles. The summed E-state index contributed by atoms with van der Waals surface area (Å²) in [4.78, 5) is 4.76. The minimum Gasteiger partial charge on any atom is -0.497 e. The van der Waals surface area contributed by atoms with Crippen LogP contribution in [-0.2, 0) is 0 Å². The highest BCUT2D eigenvalue weighted by Gasteiger charge is 2.27. The molecule has 0 bridgehead atoms. The number of hydrogen-bond acceptors (Lipinski definition) is 4. The van der Waals surface area contributed by atoms with E-state index in [1.807, 2.05) is 18.2 Å². The first-order valence-electron chi connectivity index (χ1n) is 6.43. The van der Waals surface area contributed by atoms with Crippen LogP contribution in [0.15, 0.2) is 18.2 Å². The largest absolute Gasteiger partial charge is 0.497 e. The average molecular weight is 249 g/mol. The molecule has 1 saturated heterocycles. The van der Waals surface area contributed by atoms with Crippen molar-refractivity contribution in [3.8, 4) is 5.75 Å². The van der Waals surface area contributed by atoms with E-state index in [1.54, 1.807) is 7.11 Å². The van der Waals surface area contributed by atoms with E-state index < -0.39 is 0 Å². The SMILES string of the molecule is COc1ccc(N)c(N2CC(C)N(C)C(C)C2)c1. The van der Waals surface area contributed by atoms with Gasteiger partial charge in [0.1, 0.15) is 5.75 Å². The fourth-order valence-corrected chi connectivity index (χ4v) is 2.53. The molecule has 1 aromatic rings. The highest BCUT2D eigenvalue weighted by molar-refractivity contribution is 5.70. The topological polar surface area (TPSA) is 41.7 Å². The van der Waals surface area contributed by atoms with Gasteiger partial charge in [0.05, 0.1) is 18.5 Å². The fraction of sp³-hybridized carbons (Fsp3) is 0.571. The fourth-order valence-electron chi connectivity index (χ4n) is 2.53. The molecule has 18 heavy (non-hydrogen) atoms. The van der Waals surface area contributed by atoms with Gasteiger partial charge in [0.15, 0.2) is 0 Å². The molecule has 100 valence electrons. The second-order valence-electron chi connectivity index (χ2n) is 5.19. The Hall–Kier alpha value is -1.42.